The first-order chi connectivity index (χ1) is 14.4. The zero-order valence-electron chi connectivity index (χ0n) is 17.5. The lowest BCUT2D eigenvalue weighted by molar-refractivity contribution is -0.136. The second-order valence-electron chi connectivity index (χ2n) is 7.55. The van der Waals surface area contributed by atoms with E-state index in [2.05, 4.69) is 4.90 Å². The van der Waals surface area contributed by atoms with E-state index in [9.17, 15) is 13.2 Å². The zero-order chi connectivity index (χ0) is 21.6. The molecule has 1 atom stereocenters. The average molecular weight is 428 g/mol. The third-order valence-electron chi connectivity index (χ3n) is 5.41. The molecule has 1 heterocycles. The standard InChI is InChI=1S/C23H29N3O3S/c1-20(23(27)24(2)19-22-11-7-4-8-12-22)25-14-16-26(17-15-25)30(28,29)18-13-21-9-5-3-6-10-21/h3-13,18,20H,14-17,19H2,1-2H3/b18-13+/t20-/m1/s1. The number of hydrogen-bond acceptors (Lipinski definition) is 4. The van der Waals surface area contributed by atoms with E-state index < -0.39 is 10.0 Å². The van der Waals surface area contributed by atoms with Gasteiger partial charge in [0, 0.05) is 45.2 Å². The van der Waals surface area contributed by atoms with Crippen molar-refractivity contribution in [2.75, 3.05) is 33.2 Å². The summed E-state index contributed by atoms with van der Waals surface area (Å²) in [5.41, 5.74) is 1.93. The van der Waals surface area contributed by atoms with E-state index in [0.29, 0.717) is 32.7 Å². The molecule has 0 bridgehead atoms. The van der Waals surface area contributed by atoms with Crippen molar-refractivity contribution in [3.63, 3.8) is 0 Å². The summed E-state index contributed by atoms with van der Waals surface area (Å²) in [5.74, 6) is 0.0409. The molecule has 160 valence electrons. The third-order valence-corrected chi connectivity index (χ3v) is 6.97. The minimum atomic E-state index is -3.48. The summed E-state index contributed by atoms with van der Waals surface area (Å²) in [7, 11) is -1.67. The van der Waals surface area contributed by atoms with E-state index in [4.69, 9.17) is 0 Å². The van der Waals surface area contributed by atoms with Gasteiger partial charge >= 0.3 is 0 Å². The molecule has 2 aromatic rings. The Kier molecular flexibility index (Phi) is 7.42. The fraction of sp³-hybridized carbons (Fsp3) is 0.348. The molecule has 1 saturated heterocycles. The second kappa shape index (κ2) is 10.0. The fourth-order valence-electron chi connectivity index (χ4n) is 3.57. The summed E-state index contributed by atoms with van der Waals surface area (Å²) in [6.45, 7) is 4.27. The molecule has 3 rings (SSSR count). The van der Waals surface area contributed by atoms with Crippen molar-refractivity contribution in [3.05, 3.63) is 77.2 Å². The molecule has 0 aliphatic carbocycles. The van der Waals surface area contributed by atoms with Crippen LogP contribution in [-0.2, 0) is 21.4 Å². The van der Waals surface area contributed by atoms with Crippen LogP contribution >= 0.6 is 0 Å². The largest absolute Gasteiger partial charge is 0.340 e. The first kappa shape index (κ1) is 22.2. The van der Waals surface area contributed by atoms with Gasteiger partial charge < -0.3 is 4.90 Å². The van der Waals surface area contributed by atoms with Gasteiger partial charge in [0.2, 0.25) is 15.9 Å². The van der Waals surface area contributed by atoms with Crippen LogP contribution in [-0.4, -0.2) is 67.7 Å². The first-order valence-electron chi connectivity index (χ1n) is 10.1. The molecule has 0 unspecified atom stereocenters. The van der Waals surface area contributed by atoms with Crippen LogP contribution < -0.4 is 0 Å². The summed E-state index contributed by atoms with van der Waals surface area (Å²) < 4.78 is 26.7. The van der Waals surface area contributed by atoms with Crippen molar-refractivity contribution >= 4 is 22.0 Å². The summed E-state index contributed by atoms with van der Waals surface area (Å²) in [4.78, 5) is 16.6. The van der Waals surface area contributed by atoms with E-state index in [-0.39, 0.29) is 11.9 Å². The van der Waals surface area contributed by atoms with Gasteiger partial charge in [-0.15, -0.1) is 0 Å². The molecule has 30 heavy (non-hydrogen) atoms. The van der Waals surface area contributed by atoms with E-state index in [0.717, 1.165) is 11.1 Å². The van der Waals surface area contributed by atoms with Gasteiger partial charge in [0.1, 0.15) is 0 Å². The van der Waals surface area contributed by atoms with Crippen LogP contribution in [0.4, 0.5) is 0 Å². The quantitative estimate of drug-likeness (QED) is 0.682. The topological polar surface area (TPSA) is 60.9 Å². The van der Waals surface area contributed by atoms with E-state index in [1.54, 1.807) is 18.0 Å². The van der Waals surface area contributed by atoms with Gasteiger partial charge in [-0.1, -0.05) is 60.7 Å². The van der Waals surface area contributed by atoms with Crippen molar-refractivity contribution in [2.24, 2.45) is 0 Å². The molecule has 0 saturated carbocycles. The van der Waals surface area contributed by atoms with Gasteiger partial charge in [0.15, 0.2) is 0 Å². The average Bonchev–Trinajstić information content (AvgIpc) is 2.78. The Morgan fingerprint density at radius 3 is 2.17 bits per heavy atom. The summed E-state index contributed by atoms with van der Waals surface area (Å²) in [5, 5.41) is 1.26. The Hall–Kier alpha value is -2.48. The van der Waals surface area contributed by atoms with Crippen LogP contribution in [0.25, 0.3) is 6.08 Å². The lowest BCUT2D eigenvalue weighted by Crippen LogP contribution is -2.54. The van der Waals surface area contributed by atoms with Crippen LogP contribution in [0.2, 0.25) is 0 Å². The molecule has 0 aromatic heterocycles. The van der Waals surface area contributed by atoms with Crippen molar-refractivity contribution in [1.29, 1.82) is 0 Å². The van der Waals surface area contributed by atoms with Crippen LogP contribution in [0.5, 0.6) is 0 Å². The number of piperazine rings is 1. The second-order valence-corrected chi connectivity index (χ2v) is 9.37. The van der Waals surface area contributed by atoms with Gasteiger partial charge in [-0.3, -0.25) is 9.69 Å². The highest BCUT2D eigenvalue weighted by Crippen LogP contribution is 2.15. The third kappa shape index (κ3) is 5.78. The Morgan fingerprint density at radius 2 is 1.57 bits per heavy atom. The number of nitrogens with zero attached hydrogens (tertiary/aromatic N) is 3. The lowest BCUT2D eigenvalue weighted by atomic mass is 10.2. The highest BCUT2D eigenvalue weighted by Gasteiger charge is 2.30. The SMILES string of the molecule is C[C@H](C(=O)N(C)Cc1ccccc1)N1CCN(S(=O)(=O)/C=C/c2ccccc2)CC1. The summed E-state index contributed by atoms with van der Waals surface area (Å²) in [6.07, 6.45) is 1.62. The zero-order valence-corrected chi connectivity index (χ0v) is 18.3. The number of likely N-dealkylation sites (N-methyl/N-ethyl adjacent to an activating group) is 1. The van der Waals surface area contributed by atoms with Crippen LogP contribution in [0.1, 0.15) is 18.1 Å². The molecule has 1 aliphatic heterocycles. The minimum absolute atomic E-state index is 0.0409. The van der Waals surface area contributed by atoms with Crippen molar-refractivity contribution in [2.45, 2.75) is 19.5 Å². The van der Waals surface area contributed by atoms with Crippen LogP contribution in [0.15, 0.2) is 66.1 Å². The van der Waals surface area contributed by atoms with Crippen LogP contribution in [0.3, 0.4) is 0 Å². The summed E-state index contributed by atoms with van der Waals surface area (Å²) in [6, 6.07) is 19.0. The number of rotatable bonds is 7. The monoisotopic (exact) mass is 427 g/mol. The maximum absolute atomic E-state index is 12.8. The first-order valence-corrected chi connectivity index (χ1v) is 11.6. The molecular formula is C23H29N3O3S. The predicted molar refractivity (Wildman–Crippen MR) is 120 cm³/mol. The number of amides is 1. The number of carbonyl (C=O) groups excluding carboxylic acids is 1. The van der Waals surface area contributed by atoms with Gasteiger partial charge in [0.25, 0.3) is 0 Å². The Morgan fingerprint density at radius 1 is 1.00 bits per heavy atom. The van der Waals surface area contributed by atoms with E-state index >= 15 is 0 Å². The number of sulfonamides is 1. The van der Waals surface area contributed by atoms with Crippen molar-refractivity contribution in [3.8, 4) is 0 Å². The molecule has 6 nitrogen and oxygen atoms in total. The fourth-order valence-corrected chi connectivity index (χ4v) is 4.74. The molecule has 2 aromatic carbocycles. The van der Waals surface area contributed by atoms with E-state index in [1.807, 2.05) is 67.6 Å². The maximum atomic E-state index is 12.8. The highest BCUT2D eigenvalue weighted by molar-refractivity contribution is 7.92. The highest BCUT2D eigenvalue weighted by atomic mass is 32.2. The number of benzene rings is 2. The molecule has 0 N–H and O–H groups in total. The minimum Gasteiger partial charge on any atom is -0.340 e. The number of hydrogen-bond donors (Lipinski definition) is 0. The molecular weight excluding hydrogens is 398 g/mol. The molecule has 7 heteroatoms. The molecule has 1 amide bonds. The van der Waals surface area contributed by atoms with Gasteiger partial charge in [-0.25, -0.2) is 8.42 Å². The van der Waals surface area contributed by atoms with E-state index in [1.165, 1.54) is 9.71 Å². The normalized spacial score (nSPS) is 17.1. The van der Waals surface area contributed by atoms with Crippen molar-refractivity contribution in [1.82, 2.24) is 14.1 Å². The Labute approximate surface area is 179 Å². The predicted octanol–water partition coefficient (Wildman–Crippen LogP) is 2.65. The molecule has 0 spiro atoms. The van der Waals surface area contributed by atoms with Gasteiger partial charge in [-0.05, 0) is 24.1 Å². The Bertz CT molecular complexity index is 954. The van der Waals surface area contributed by atoms with Gasteiger partial charge in [0.05, 0.1) is 6.04 Å². The summed E-state index contributed by atoms with van der Waals surface area (Å²) >= 11 is 0. The van der Waals surface area contributed by atoms with Gasteiger partial charge in [-0.2, -0.15) is 4.31 Å². The lowest BCUT2D eigenvalue weighted by Gasteiger charge is -2.37. The molecule has 0 radical (unpaired) electrons. The van der Waals surface area contributed by atoms with Crippen molar-refractivity contribution < 1.29 is 13.2 Å². The molecule has 1 aliphatic rings. The Balaban J connectivity index is 1.54. The maximum Gasteiger partial charge on any atom is 0.239 e. The molecule has 1 fully saturated rings. The number of carbonyl (C=O) groups is 1. The van der Waals surface area contributed by atoms with Crippen LogP contribution in [0, 0.1) is 0 Å². The smallest absolute Gasteiger partial charge is 0.239 e.